The second-order valence-electron chi connectivity index (χ2n) is 18.0. The lowest BCUT2D eigenvalue weighted by Gasteiger charge is -2.50. The van der Waals surface area contributed by atoms with Crippen molar-refractivity contribution in [3.05, 3.63) is 0 Å². The van der Waals surface area contributed by atoms with E-state index in [2.05, 4.69) is 40.8 Å². The Hall–Kier alpha value is 0.137. The maximum Gasteiger partial charge on any atom is 0.0546 e. The maximum absolute atomic E-state index is 5.84. The van der Waals surface area contributed by atoms with Crippen LogP contribution in [0, 0.1) is 71.0 Å². The van der Waals surface area contributed by atoms with Gasteiger partial charge < -0.3 is 9.47 Å². The van der Waals surface area contributed by atoms with Crippen LogP contribution in [0.1, 0.15) is 130 Å². The Labute approximate surface area is 269 Å². The maximum atomic E-state index is 5.84. The molecule has 43 heavy (non-hydrogen) atoms. The molecule has 0 aromatic rings. The summed E-state index contributed by atoms with van der Waals surface area (Å²) in [5.74, 6) is 12.1. The molecule has 0 aromatic carbocycles. The van der Waals surface area contributed by atoms with Crippen LogP contribution in [0.2, 0.25) is 24.2 Å². The molecule has 0 spiro atoms. The van der Waals surface area contributed by atoms with Crippen molar-refractivity contribution in [1.82, 2.24) is 0 Å². The van der Waals surface area contributed by atoms with E-state index in [9.17, 15) is 0 Å². The predicted octanol–water partition coefficient (Wildman–Crippen LogP) is 11.3. The van der Waals surface area contributed by atoms with Gasteiger partial charge >= 0.3 is 0 Å². The Kier molecular flexibility index (Phi) is 11.1. The van der Waals surface area contributed by atoms with Gasteiger partial charge in [-0.3, -0.25) is 0 Å². The summed E-state index contributed by atoms with van der Waals surface area (Å²) >= 11 is 0. The van der Waals surface area contributed by atoms with E-state index in [0.29, 0.717) is 0 Å². The zero-order chi connectivity index (χ0) is 30.1. The lowest BCUT2D eigenvalue weighted by atomic mass is 9.64. The highest BCUT2D eigenvalue weighted by atomic mass is 28.3. The molecule has 6 fully saturated rings. The molecule has 0 aliphatic heterocycles. The third-order valence-electron chi connectivity index (χ3n) is 15.6. The van der Waals surface area contributed by atoms with Crippen molar-refractivity contribution in [2.24, 2.45) is 71.0 Å². The molecule has 2 nitrogen and oxygen atoms in total. The fourth-order valence-electron chi connectivity index (χ4n) is 14.4. The minimum Gasteiger partial charge on any atom is -0.381 e. The summed E-state index contributed by atoms with van der Waals surface area (Å²) in [5, 5.41) is 0. The largest absolute Gasteiger partial charge is 0.381 e. The monoisotopic (exact) mass is 613 g/mol. The van der Waals surface area contributed by atoms with Crippen LogP contribution in [0.25, 0.3) is 0 Å². The van der Waals surface area contributed by atoms with Crippen molar-refractivity contribution in [3.63, 3.8) is 0 Å². The predicted molar refractivity (Wildman–Crippen MR) is 185 cm³/mol. The average Bonchev–Trinajstić information content (AvgIpc) is 3.55. The van der Waals surface area contributed by atoms with E-state index >= 15 is 0 Å². The topological polar surface area (TPSA) is 18.5 Å². The van der Waals surface area contributed by atoms with E-state index in [0.717, 1.165) is 109 Å². The molecule has 6 aliphatic carbocycles. The summed E-state index contributed by atoms with van der Waals surface area (Å²) in [6, 6.07) is 0. The van der Waals surface area contributed by atoms with Gasteiger partial charge in [0.05, 0.1) is 8.07 Å². The van der Waals surface area contributed by atoms with Gasteiger partial charge in [-0.05, 0) is 173 Å². The van der Waals surface area contributed by atoms with Gasteiger partial charge in [-0.25, -0.2) is 0 Å². The van der Waals surface area contributed by atoms with Gasteiger partial charge in [-0.1, -0.05) is 52.6 Å². The first-order valence-corrected chi connectivity index (χ1v) is 23.1. The Morgan fingerprint density at radius 3 is 1.23 bits per heavy atom. The van der Waals surface area contributed by atoms with Crippen molar-refractivity contribution in [2.45, 2.75) is 155 Å². The number of rotatable bonds is 10. The molecule has 3 heteroatoms. The molecular formula is C40H72O2Si. The van der Waals surface area contributed by atoms with E-state index in [4.69, 9.17) is 9.47 Å². The van der Waals surface area contributed by atoms with Gasteiger partial charge in [0.2, 0.25) is 0 Å². The van der Waals surface area contributed by atoms with Crippen LogP contribution in [0.4, 0.5) is 0 Å². The number of ether oxygens (including phenoxy) is 2. The van der Waals surface area contributed by atoms with Gasteiger partial charge in [-0.15, -0.1) is 0 Å². The van der Waals surface area contributed by atoms with Crippen molar-refractivity contribution in [3.8, 4) is 0 Å². The molecule has 0 saturated heterocycles. The van der Waals surface area contributed by atoms with Crippen LogP contribution in [-0.4, -0.2) is 34.5 Å². The van der Waals surface area contributed by atoms with Gasteiger partial charge in [0.1, 0.15) is 0 Å². The molecule has 0 bridgehead atoms. The Morgan fingerprint density at radius 1 is 0.488 bits per heavy atom. The summed E-state index contributed by atoms with van der Waals surface area (Å²) in [5.41, 5.74) is 2.19. The van der Waals surface area contributed by atoms with E-state index in [-0.39, 0.29) is 0 Å². The van der Waals surface area contributed by atoms with Crippen molar-refractivity contribution < 1.29 is 9.47 Å². The second-order valence-corrected chi connectivity index (χ2v) is 23.0. The van der Waals surface area contributed by atoms with E-state index in [1.54, 1.807) is 51.4 Å². The zero-order valence-electron chi connectivity index (χ0n) is 29.5. The summed E-state index contributed by atoms with van der Waals surface area (Å²) in [6.07, 6.45) is 24.3. The molecular weight excluding hydrogens is 541 g/mol. The van der Waals surface area contributed by atoms with Crippen molar-refractivity contribution in [1.29, 1.82) is 0 Å². The number of hydrogen-bond acceptors (Lipinski definition) is 2. The first kappa shape index (κ1) is 33.1. The van der Waals surface area contributed by atoms with E-state index < -0.39 is 8.07 Å². The molecule has 0 N–H and O–H groups in total. The van der Waals surface area contributed by atoms with Gasteiger partial charge in [-0.2, -0.15) is 0 Å². The van der Waals surface area contributed by atoms with Gasteiger partial charge in [0.25, 0.3) is 0 Å². The molecule has 6 aliphatic rings. The molecule has 0 aromatic heterocycles. The molecule has 10 atom stereocenters. The normalized spacial score (nSPS) is 47.3. The summed E-state index contributed by atoms with van der Waals surface area (Å²) < 4.78 is 11.7. The van der Waals surface area contributed by atoms with Gasteiger partial charge in [0, 0.05) is 26.4 Å². The Bertz CT molecular complexity index is 789. The van der Waals surface area contributed by atoms with Crippen LogP contribution in [0.3, 0.4) is 0 Å². The molecule has 0 amide bonds. The highest BCUT2D eigenvalue weighted by molar-refractivity contribution is 6.80. The first-order valence-electron chi connectivity index (χ1n) is 20.0. The fourth-order valence-corrected chi connectivity index (χ4v) is 21.0. The SMILES string of the molecule is CCOCC1CCC(C2CCCC3C2CC(C)C3[Si](C)(C)C2C(C)CC3C(C4CCC(COCC)CC4)CCCC32)CC1. The summed E-state index contributed by atoms with van der Waals surface area (Å²) in [6.45, 7) is 19.5. The van der Waals surface area contributed by atoms with Crippen LogP contribution in [-0.2, 0) is 9.47 Å². The molecule has 6 rings (SSSR count). The minimum absolute atomic E-state index is 0.846. The van der Waals surface area contributed by atoms with Crippen LogP contribution in [0.5, 0.6) is 0 Å². The van der Waals surface area contributed by atoms with Gasteiger partial charge in [0.15, 0.2) is 0 Å². The molecule has 248 valence electrons. The molecule has 0 heterocycles. The minimum atomic E-state index is -1.42. The third-order valence-corrected chi connectivity index (χ3v) is 21.0. The molecule has 0 radical (unpaired) electrons. The summed E-state index contributed by atoms with van der Waals surface area (Å²) in [7, 11) is -1.42. The highest BCUT2D eigenvalue weighted by Crippen LogP contribution is 2.67. The lowest BCUT2D eigenvalue weighted by Crippen LogP contribution is -2.47. The quantitative estimate of drug-likeness (QED) is 0.228. The summed E-state index contributed by atoms with van der Waals surface area (Å²) in [4.78, 5) is 0. The Balaban J connectivity index is 1.12. The first-order chi connectivity index (χ1) is 20.8. The lowest BCUT2D eigenvalue weighted by molar-refractivity contribution is 0.0518. The molecule has 10 unspecified atom stereocenters. The average molecular weight is 613 g/mol. The van der Waals surface area contributed by atoms with Crippen LogP contribution < -0.4 is 0 Å². The smallest absolute Gasteiger partial charge is 0.0546 e. The van der Waals surface area contributed by atoms with Crippen molar-refractivity contribution in [2.75, 3.05) is 26.4 Å². The second kappa shape index (κ2) is 14.5. The van der Waals surface area contributed by atoms with E-state index in [1.807, 2.05) is 0 Å². The van der Waals surface area contributed by atoms with Crippen LogP contribution >= 0.6 is 0 Å². The Morgan fingerprint density at radius 2 is 0.860 bits per heavy atom. The fraction of sp³-hybridized carbons (Fsp3) is 1.00. The van der Waals surface area contributed by atoms with Crippen molar-refractivity contribution >= 4 is 8.07 Å². The number of fused-ring (bicyclic) bond motifs is 2. The van der Waals surface area contributed by atoms with Crippen LogP contribution in [0.15, 0.2) is 0 Å². The van der Waals surface area contributed by atoms with E-state index in [1.165, 1.54) is 51.4 Å². The standard InChI is InChI=1S/C40H72O2Si/c1-7-41-25-29-15-19-31(20-16-29)33-11-9-13-35-37(33)23-27(3)39(35)43(5,6)40-28(4)24-38-34(12-10-14-36(38)40)32-21-17-30(18-22-32)26-42-8-2/h27-40H,7-26H2,1-6H3. The highest BCUT2D eigenvalue weighted by Gasteiger charge is 2.60. The zero-order valence-corrected chi connectivity index (χ0v) is 30.5. The number of hydrogen-bond donors (Lipinski definition) is 0. The third kappa shape index (κ3) is 6.77. The molecule has 6 saturated carbocycles.